The first kappa shape index (κ1) is 6.98. The normalized spacial score (nSPS) is 14.9. The minimum absolute atomic E-state index is 0.431. The molecule has 0 aliphatic heterocycles. The fourth-order valence-electron chi connectivity index (χ4n) is 0.192. The third-order valence-corrected chi connectivity index (χ3v) is 1.26. The lowest BCUT2D eigenvalue weighted by atomic mass is 9.87. The molecule has 0 aromatic heterocycles. The molecule has 0 amide bonds. The van der Waals surface area contributed by atoms with Gasteiger partial charge in [-0.3, -0.25) is 11.3 Å². The van der Waals surface area contributed by atoms with Gasteiger partial charge in [-0.2, -0.15) is 0 Å². The Bertz CT molecular complexity index is 47.0. The first-order valence-corrected chi connectivity index (χ1v) is 2.64. The smallest absolute Gasteiger partial charge is 0.125 e. The minimum atomic E-state index is 0.431. The molecule has 0 fully saturated rings. The van der Waals surface area contributed by atoms with Gasteiger partial charge < -0.3 is 0 Å². The summed E-state index contributed by atoms with van der Waals surface area (Å²) in [5.74, 6) is 6.18. The summed E-state index contributed by atoms with van der Waals surface area (Å²) < 4.78 is 0. The molecule has 0 aliphatic carbocycles. The van der Waals surface area contributed by atoms with Gasteiger partial charge in [0, 0.05) is 0 Å². The van der Waals surface area contributed by atoms with Crippen LogP contribution in [-0.2, 0) is 0 Å². The van der Waals surface area contributed by atoms with Gasteiger partial charge in [0.2, 0.25) is 0 Å². The highest BCUT2D eigenvalue weighted by molar-refractivity contribution is 6.11. The second-order valence-electron chi connectivity index (χ2n) is 2.20. The summed E-state index contributed by atoms with van der Waals surface area (Å²) in [6, 6.07) is 0. The Morgan fingerprint density at radius 2 is 2.00 bits per heavy atom. The summed E-state index contributed by atoms with van der Waals surface area (Å²) in [5, 5.41) is 0. The molecular weight excluding hydrogens is 86.9 g/mol. The molecular formula is C4H13BN2. The van der Waals surface area contributed by atoms with Crippen molar-refractivity contribution in [3.63, 3.8) is 0 Å². The van der Waals surface area contributed by atoms with Gasteiger partial charge in [-0.1, -0.05) is 13.8 Å². The van der Waals surface area contributed by atoms with Crippen LogP contribution in [0, 0.1) is 5.92 Å². The number of hydrazine groups is 1. The van der Waals surface area contributed by atoms with Crippen molar-refractivity contribution in [2.45, 2.75) is 19.8 Å². The molecule has 0 radical (unpaired) electrons. The van der Waals surface area contributed by atoms with Crippen molar-refractivity contribution in [3.8, 4) is 0 Å². The van der Waals surface area contributed by atoms with E-state index in [-0.39, 0.29) is 0 Å². The highest BCUT2D eigenvalue weighted by Gasteiger charge is 2.01. The van der Waals surface area contributed by atoms with Gasteiger partial charge in [0.1, 0.15) is 7.85 Å². The maximum Gasteiger partial charge on any atom is 0.125 e. The topological polar surface area (TPSA) is 38.0 Å². The number of hydrogen-bond donors (Lipinski definition) is 2. The van der Waals surface area contributed by atoms with E-state index in [1.807, 2.05) is 0 Å². The molecule has 3 heteroatoms. The number of rotatable bonds is 2. The second kappa shape index (κ2) is 3.05. The van der Waals surface area contributed by atoms with Crippen molar-refractivity contribution < 1.29 is 0 Å². The SMILES string of the molecule is BC(NN)C(C)C. The van der Waals surface area contributed by atoms with Gasteiger partial charge in [-0.15, -0.1) is 0 Å². The average molecular weight is 100.0 g/mol. The molecule has 0 aromatic rings. The first-order valence-electron chi connectivity index (χ1n) is 2.64. The van der Waals surface area contributed by atoms with Crippen molar-refractivity contribution in [3.05, 3.63) is 0 Å². The van der Waals surface area contributed by atoms with Gasteiger partial charge in [0.25, 0.3) is 0 Å². The second-order valence-corrected chi connectivity index (χ2v) is 2.20. The van der Waals surface area contributed by atoms with E-state index in [0.717, 1.165) is 0 Å². The summed E-state index contributed by atoms with van der Waals surface area (Å²) in [4.78, 5) is 0. The zero-order valence-corrected chi connectivity index (χ0v) is 5.23. The number of nitrogens with two attached hydrogens (primary N) is 1. The summed E-state index contributed by atoms with van der Waals surface area (Å²) >= 11 is 0. The maximum absolute atomic E-state index is 5.12. The van der Waals surface area contributed by atoms with E-state index in [9.17, 15) is 0 Å². The quantitative estimate of drug-likeness (QED) is 0.267. The van der Waals surface area contributed by atoms with E-state index < -0.39 is 0 Å². The van der Waals surface area contributed by atoms with E-state index in [0.29, 0.717) is 11.9 Å². The Balaban J connectivity index is 3.14. The van der Waals surface area contributed by atoms with Gasteiger partial charge in [-0.25, -0.2) is 0 Å². The monoisotopic (exact) mass is 100 g/mol. The molecule has 0 heterocycles. The van der Waals surface area contributed by atoms with Crippen LogP contribution < -0.4 is 11.3 Å². The molecule has 0 spiro atoms. The van der Waals surface area contributed by atoms with Gasteiger partial charge in [0.05, 0.1) is 0 Å². The van der Waals surface area contributed by atoms with Crippen molar-refractivity contribution in [1.82, 2.24) is 5.43 Å². The van der Waals surface area contributed by atoms with Gasteiger partial charge in [-0.05, 0) is 11.9 Å². The average Bonchev–Trinajstić information content (AvgIpc) is 1.65. The van der Waals surface area contributed by atoms with E-state index in [4.69, 9.17) is 5.84 Å². The van der Waals surface area contributed by atoms with Crippen molar-refractivity contribution >= 4 is 7.85 Å². The van der Waals surface area contributed by atoms with E-state index in [1.165, 1.54) is 0 Å². The summed E-state index contributed by atoms with van der Waals surface area (Å²) in [5.41, 5.74) is 2.66. The molecule has 0 rings (SSSR count). The Morgan fingerprint density at radius 1 is 1.57 bits per heavy atom. The Labute approximate surface area is 45.8 Å². The molecule has 42 valence electrons. The van der Waals surface area contributed by atoms with Crippen LogP contribution in [0.2, 0.25) is 0 Å². The van der Waals surface area contributed by atoms with E-state index in [1.54, 1.807) is 0 Å². The summed E-state index contributed by atoms with van der Waals surface area (Å²) in [6.07, 6.45) is 0. The van der Waals surface area contributed by atoms with E-state index in [2.05, 4.69) is 27.1 Å². The molecule has 1 unspecified atom stereocenters. The number of nitrogens with one attached hydrogen (secondary N) is 1. The van der Waals surface area contributed by atoms with Crippen LogP contribution in [0.5, 0.6) is 0 Å². The standard InChI is InChI=1S/C4H13BN2/c1-3(2)4(5)7-6/h3-4,7H,5-6H2,1-2H3. The lowest BCUT2D eigenvalue weighted by Crippen LogP contribution is -2.39. The van der Waals surface area contributed by atoms with Crippen molar-refractivity contribution in [1.29, 1.82) is 0 Å². The molecule has 3 N–H and O–H groups in total. The van der Waals surface area contributed by atoms with Gasteiger partial charge in [0.15, 0.2) is 0 Å². The summed E-state index contributed by atoms with van der Waals surface area (Å²) in [7, 11) is 2.06. The zero-order chi connectivity index (χ0) is 5.86. The predicted molar refractivity (Wildman–Crippen MR) is 34.5 cm³/mol. The van der Waals surface area contributed by atoms with Crippen LogP contribution in [0.15, 0.2) is 0 Å². The van der Waals surface area contributed by atoms with E-state index >= 15 is 0 Å². The molecule has 0 saturated heterocycles. The third kappa shape index (κ3) is 2.65. The molecule has 1 atom stereocenters. The Kier molecular flexibility index (Phi) is 3.04. The summed E-state index contributed by atoms with van der Waals surface area (Å²) in [6.45, 7) is 4.26. The lowest BCUT2D eigenvalue weighted by Gasteiger charge is -2.12. The fourth-order valence-corrected chi connectivity index (χ4v) is 0.192. The molecule has 0 aromatic carbocycles. The largest absolute Gasteiger partial charge is 0.272 e. The fraction of sp³-hybridized carbons (Fsp3) is 1.00. The van der Waals surface area contributed by atoms with Crippen LogP contribution in [0.25, 0.3) is 0 Å². The van der Waals surface area contributed by atoms with Crippen LogP contribution in [-0.4, -0.2) is 13.8 Å². The Morgan fingerprint density at radius 3 is 2.00 bits per heavy atom. The minimum Gasteiger partial charge on any atom is -0.272 e. The van der Waals surface area contributed by atoms with Crippen molar-refractivity contribution in [2.75, 3.05) is 0 Å². The molecule has 0 saturated carbocycles. The predicted octanol–water partition coefficient (Wildman–Crippen LogP) is -0.935. The highest BCUT2D eigenvalue weighted by Crippen LogP contribution is 1.92. The maximum atomic E-state index is 5.12. The molecule has 0 aliphatic rings. The van der Waals surface area contributed by atoms with Crippen LogP contribution >= 0.6 is 0 Å². The van der Waals surface area contributed by atoms with Crippen LogP contribution in [0.3, 0.4) is 0 Å². The molecule has 2 nitrogen and oxygen atoms in total. The third-order valence-electron chi connectivity index (χ3n) is 1.26. The lowest BCUT2D eigenvalue weighted by molar-refractivity contribution is 0.518. The van der Waals surface area contributed by atoms with Crippen LogP contribution in [0.1, 0.15) is 13.8 Å². The Hall–Kier alpha value is -0.0151. The first-order chi connectivity index (χ1) is 3.18. The molecule has 7 heavy (non-hydrogen) atoms. The highest BCUT2D eigenvalue weighted by atomic mass is 15.2. The molecule has 0 bridgehead atoms. The van der Waals surface area contributed by atoms with Crippen molar-refractivity contribution in [2.24, 2.45) is 11.8 Å². The zero-order valence-electron chi connectivity index (χ0n) is 5.23. The van der Waals surface area contributed by atoms with Gasteiger partial charge >= 0.3 is 0 Å². The number of hydrogen-bond acceptors (Lipinski definition) is 2. The van der Waals surface area contributed by atoms with Crippen LogP contribution in [0.4, 0.5) is 0 Å².